The largest absolute Gasteiger partial charge is 0.494 e. The summed E-state index contributed by atoms with van der Waals surface area (Å²) in [4.78, 5) is 16.3. The average molecular weight is 524 g/mol. The standard InChI is InChI=1S/C23H32N4O2.HI/c1-4-6-15-25-22(28)19-13-11-18(12-14-19)16-26-23(24-3)27-17-20-9-7-8-10-21(20)29-5-2;/h7-14H,4-6,15-17H2,1-3H3,(H,25,28)(H2,24,26,27);1H. The number of ether oxygens (including phenoxy) is 1. The van der Waals surface area contributed by atoms with Gasteiger partial charge in [0, 0.05) is 37.8 Å². The Morgan fingerprint density at radius 2 is 1.67 bits per heavy atom. The molecule has 0 bridgehead atoms. The van der Waals surface area contributed by atoms with Crippen LogP contribution in [-0.4, -0.2) is 32.1 Å². The molecule has 0 aliphatic carbocycles. The third-order valence-electron chi connectivity index (χ3n) is 4.43. The number of benzene rings is 2. The summed E-state index contributed by atoms with van der Waals surface area (Å²) < 4.78 is 5.66. The van der Waals surface area contributed by atoms with Gasteiger partial charge in [0.1, 0.15) is 5.75 Å². The van der Waals surface area contributed by atoms with Gasteiger partial charge in [-0.05, 0) is 37.1 Å². The number of carbonyl (C=O) groups is 1. The number of rotatable bonds is 10. The van der Waals surface area contributed by atoms with Gasteiger partial charge in [-0.3, -0.25) is 9.79 Å². The lowest BCUT2D eigenvalue weighted by atomic mass is 10.1. The molecule has 0 heterocycles. The molecule has 0 spiro atoms. The van der Waals surface area contributed by atoms with Crippen LogP contribution in [0.4, 0.5) is 0 Å². The first-order valence-corrected chi connectivity index (χ1v) is 10.2. The minimum absolute atomic E-state index is 0. The van der Waals surface area contributed by atoms with Crippen molar-refractivity contribution in [2.75, 3.05) is 20.2 Å². The fraction of sp³-hybridized carbons (Fsp3) is 0.391. The second-order valence-corrected chi connectivity index (χ2v) is 6.63. The summed E-state index contributed by atoms with van der Waals surface area (Å²) in [6, 6.07) is 15.6. The predicted octanol–water partition coefficient (Wildman–Crippen LogP) is 4.10. The highest BCUT2D eigenvalue weighted by Crippen LogP contribution is 2.17. The summed E-state index contributed by atoms with van der Waals surface area (Å²) in [6.45, 7) is 6.67. The van der Waals surface area contributed by atoms with Gasteiger partial charge in [-0.1, -0.05) is 43.7 Å². The molecule has 0 aliphatic rings. The first-order valence-electron chi connectivity index (χ1n) is 10.2. The Labute approximate surface area is 196 Å². The summed E-state index contributed by atoms with van der Waals surface area (Å²) in [6.07, 6.45) is 2.06. The Balaban J connectivity index is 0.00000450. The van der Waals surface area contributed by atoms with Crippen molar-refractivity contribution in [3.05, 3.63) is 65.2 Å². The van der Waals surface area contributed by atoms with E-state index in [9.17, 15) is 4.79 Å². The van der Waals surface area contributed by atoms with Crippen LogP contribution in [0, 0.1) is 0 Å². The number of halogens is 1. The van der Waals surface area contributed by atoms with Gasteiger partial charge in [-0.25, -0.2) is 0 Å². The first kappa shape index (κ1) is 25.7. The molecule has 6 nitrogen and oxygen atoms in total. The number of amides is 1. The molecule has 2 aromatic rings. The van der Waals surface area contributed by atoms with E-state index in [1.54, 1.807) is 7.05 Å². The molecule has 0 saturated carbocycles. The zero-order valence-electron chi connectivity index (χ0n) is 18.0. The third kappa shape index (κ3) is 8.61. The van der Waals surface area contributed by atoms with Gasteiger partial charge in [0.25, 0.3) is 5.91 Å². The lowest BCUT2D eigenvalue weighted by molar-refractivity contribution is 0.0953. The lowest BCUT2D eigenvalue weighted by Gasteiger charge is -2.14. The number of hydrogen-bond acceptors (Lipinski definition) is 3. The normalized spacial score (nSPS) is 10.7. The summed E-state index contributed by atoms with van der Waals surface area (Å²) >= 11 is 0. The number of unbranched alkanes of at least 4 members (excludes halogenated alkanes) is 1. The molecule has 7 heteroatoms. The monoisotopic (exact) mass is 524 g/mol. The smallest absolute Gasteiger partial charge is 0.251 e. The van der Waals surface area contributed by atoms with Crippen LogP contribution >= 0.6 is 24.0 Å². The van der Waals surface area contributed by atoms with Gasteiger partial charge in [0.15, 0.2) is 5.96 Å². The Kier molecular flexibility index (Phi) is 12.6. The Bertz CT molecular complexity index is 794. The molecule has 0 atom stereocenters. The van der Waals surface area contributed by atoms with Crippen molar-refractivity contribution in [1.29, 1.82) is 0 Å². The highest BCUT2D eigenvalue weighted by Gasteiger charge is 2.06. The summed E-state index contributed by atoms with van der Waals surface area (Å²) in [5.74, 6) is 1.56. The molecule has 3 N–H and O–H groups in total. The fourth-order valence-electron chi connectivity index (χ4n) is 2.79. The summed E-state index contributed by atoms with van der Waals surface area (Å²) in [7, 11) is 1.74. The van der Waals surface area contributed by atoms with Gasteiger partial charge in [-0.15, -0.1) is 24.0 Å². The van der Waals surface area contributed by atoms with Gasteiger partial charge in [0.2, 0.25) is 0 Å². The Hall–Kier alpha value is -2.29. The molecule has 1 amide bonds. The van der Waals surface area contributed by atoms with E-state index in [-0.39, 0.29) is 29.9 Å². The van der Waals surface area contributed by atoms with Crippen LogP contribution in [0.5, 0.6) is 5.75 Å². The molecule has 0 unspecified atom stereocenters. The number of aliphatic imine (C=N–C) groups is 1. The van der Waals surface area contributed by atoms with Gasteiger partial charge in [0.05, 0.1) is 6.61 Å². The van der Waals surface area contributed by atoms with Crippen LogP contribution in [0.1, 0.15) is 48.2 Å². The Morgan fingerprint density at radius 3 is 2.33 bits per heavy atom. The van der Waals surface area contributed by atoms with Crippen LogP contribution in [0.3, 0.4) is 0 Å². The fourth-order valence-corrected chi connectivity index (χ4v) is 2.79. The number of guanidine groups is 1. The van der Waals surface area contributed by atoms with Crippen molar-refractivity contribution in [3.8, 4) is 5.75 Å². The van der Waals surface area contributed by atoms with Gasteiger partial charge in [-0.2, -0.15) is 0 Å². The number of nitrogens with one attached hydrogen (secondary N) is 3. The molecule has 0 fully saturated rings. The van der Waals surface area contributed by atoms with Gasteiger partial charge >= 0.3 is 0 Å². The van der Waals surface area contributed by atoms with E-state index in [2.05, 4.69) is 27.9 Å². The van der Waals surface area contributed by atoms with Crippen molar-refractivity contribution < 1.29 is 9.53 Å². The van der Waals surface area contributed by atoms with E-state index >= 15 is 0 Å². The minimum atomic E-state index is -0.0246. The van der Waals surface area contributed by atoms with E-state index in [0.29, 0.717) is 37.8 Å². The van der Waals surface area contributed by atoms with E-state index in [0.717, 1.165) is 29.7 Å². The molecule has 2 aromatic carbocycles. The maximum Gasteiger partial charge on any atom is 0.251 e. The molecule has 0 aliphatic heterocycles. The lowest BCUT2D eigenvalue weighted by Crippen LogP contribution is -2.36. The second kappa shape index (κ2) is 14.7. The molecular formula is C23H33IN4O2. The van der Waals surface area contributed by atoms with Crippen LogP contribution < -0.4 is 20.7 Å². The second-order valence-electron chi connectivity index (χ2n) is 6.63. The van der Waals surface area contributed by atoms with Crippen molar-refractivity contribution in [2.24, 2.45) is 4.99 Å². The minimum Gasteiger partial charge on any atom is -0.494 e. The van der Waals surface area contributed by atoms with Crippen molar-refractivity contribution in [1.82, 2.24) is 16.0 Å². The molecule has 0 radical (unpaired) electrons. The maximum absolute atomic E-state index is 12.1. The van der Waals surface area contributed by atoms with Crippen LogP contribution in [-0.2, 0) is 13.1 Å². The predicted molar refractivity (Wildman–Crippen MR) is 134 cm³/mol. The van der Waals surface area contributed by atoms with Gasteiger partial charge < -0.3 is 20.7 Å². The van der Waals surface area contributed by atoms with E-state index < -0.39 is 0 Å². The Morgan fingerprint density at radius 1 is 0.967 bits per heavy atom. The van der Waals surface area contributed by atoms with Crippen molar-refractivity contribution in [2.45, 2.75) is 39.8 Å². The van der Waals surface area contributed by atoms with Crippen LogP contribution in [0.2, 0.25) is 0 Å². The van der Waals surface area contributed by atoms with Crippen molar-refractivity contribution in [3.63, 3.8) is 0 Å². The van der Waals surface area contributed by atoms with Crippen LogP contribution in [0.15, 0.2) is 53.5 Å². The number of nitrogens with zero attached hydrogens (tertiary/aromatic N) is 1. The molecule has 164 valence electrons. The van der Waals surface area contributed by atoms with E-state index in [4.69, 9.17) is 4.74 Å². The highest BCUT2D eigenvalue weighted by atomic mass is 127. The van der Waals surface area contributed by atoms with Crippen molar-refractivity contribution >= 4 is 35.8 Å². The quantitative estimate of drug-likeness (QED) is 0.190. The highest BCUT2D eigenvalue weighted by molar-refractivity contribution is 14.0. The first-order chi connectivity index (χ1) is 14.2. The molecule has 30 heavy (non-hydrogen) atoms. The number of carbonyl (C=O) groups excluding carboxylic acids is 1. The van der Waals surface area contributed by atoms with E-state index in [1.807, 2.05) is 55.5 Å². The third-order valence-corrected chi connectivity index (χ3v) is 4.43. The average Bonchev–Trinajstić information content (AvgIpc) is 2.75. The summed E-state index contributed by atoms with van der Waals surface area (Å²) in [5.41, 5.74) is 2.84. The number of para-hydroxylation sites is 1. The molecule has 2 rings (SSSR count). The molecule has 0 aromatic heterocycles. The zero-order valence-corrected chi connectivity index (χ0v) is 20.4. The topological polar surface area (TPSA) is 74.8 Å². The molecule has 0 saturated heterocycles. The number of hydrogen-bond donors (Lipinski definition) is 3. The SMILES string of the molecule is CCCCNC(=O)c1ccc(CNC(=NC)NCc2ccccc2OCC)cc1.I. The zero-order chi connectivity index (χ0) is 20.9. The molecular weight excluding hydrogens is 491 g/mol. The summed E-state index contributed by atoms with van der Waals surface area (Å²) in [5, 5.41) is 9.53. The van der Waals surface area contributed by atoms with E-state index in [1.165, 1.54) is 0 Å². The maximum atomic E-state index is 12.1. The van der Waals surface area contributed by atoms with Crippen LogP contribution in [0.25, 0.3) is 0 Å².